The summed E-state index contributed by atoms with van der Waals surface area (Å²) >= 11 is 1.46. The van der Waals surface area contributed by atoms with Crippen molar-refractivity contribution in [3.8, 4) is 0 Å². The first-order chi connectivity index (χ1) is 11.0. The standard InChI is InChI=1S/C15H18N2O5S/c1-3-17-12(19)9-10(13(17)20)15(7-18,14(21)22-2)16-11(9)8-5-4-6-23-8/h4-6,9-11,16,18H,3,7H2,1-2H3/p+1/t9-,10-,11+,15+/m0/s1. The van der Waals surface area contributed by atoms with E-state index in [9.17, 15) is 19.5 Å². The monoisotopic (exact) mass is 339 g/mol. The maximum Gasteiger partial charge on any atom is 0.371 e. The SMILES string of the molecule is CCN1C(=O)[C@@H]2[C@@H](c3cccs3)[NH2+][C@@](CO)(C(=O)OC)[C@@H]2C1=O. The lowest BCUT2D eigenvalue weighted by Crippen LogP contribution is -2.99. The normalized spacial score (nSPS) is 33.2. The molecule has 7 nitrogen and oxygen atoms in total. The van der Waals surface area contributed by atoms with Crippen LogP contribution in [-0.2, 0) is 19.1 Å². The van der Waals surface area contributed by atoms with Crippen molar-refractivity contribution in [1.82, 2.24) is 4.90 Å². The number of carbonyl (C=O) groups is 3. The molecule has 0 unspecified atom stereocenters. The lowest BCUT2D eigenvalue weighted by molar-refractivity contribution is -0.735. The number of amides is 2. The zero-order chi connectivity index (χ0) is 16.8. The molecule has 23 heavy (non-hydrogen) atoms. The van der Waals surface area contributed by atoms with Gasteiger partial charge in [-0.05, 0) is 18.4 Å². The van der Waals surface area contributed by atoms with Crippen LogP contribution in [0.15, 0.2) is 17.5 Å². The number of hydrogen-bond donors (Lipinski definition) is 2. The van der Waals surface area contributed by atoms with Crippen molar-refractivity contribution < 1.29 is 29.5 Å². The van der Waals surface area contributed by atoms with E-state index in [0.717, 1.165) is 4.88 Å². The molecule has 1 aromatic rings. The van der Waals surface area contributed by atoms with Crippen LogP contribution in [0.3, 0.4) is 0 Å². The predicted octanol–water partition coefficient (Wildman–Crippen LogP) is -1.11. The van der Waals surface area contributed by atoms with Gasteiger partial charge in [-0.15, -0.1) is 11.3 Å². The Morgan fingerprint density at radius 3 is 2.74 bits per heavy atom. The lowest BCUT2D eigenvalue weighted by atomic mass is 9.80. The summed E-state index contributed by atoms with van der Waals surface area (Å²) < 4.78 is 4.85. The number of aliphatic hydroxyl groups is 1. The van der Waals surface area contributed by atoms with E-state index in [0.29, 0.717) is 0 Å². The van der Waals surface area contributed by atoms with Gasteiger partial charge in [0.15, 0.2) is 0 Å². The van der Waals surface area contributed by atoms with Crippen molar-refractivity contribution in [3.63, 3.8) is 0 Å². The highest BCUT2D eigenvalue weighted by atomic mass is 32.1. The molecule has 0 bridgehead atoms. The molecule has 2 fully saturated rings. The Hall–Kier alpha value is -1.77. The van der Waals surface area contributed by atoms with Crippen molar-refractivity contribution >= 4 is 29.1 Å². The van der Waals surface area contributed by atoms with E-state index in [1.165, 1.54) is 23.3 Å². The van der Waals surface area contributed by atoms with Crippen LogP contribution < -0.4 is 5.32 Å². The Morgan fingerprint density at radius 2 is 2.22 bits per heavy atom. The third-order valence-electron chi connectivity index (χ3n) is 4.88. The summed E-state index contributed by atoms with van der Waals surface area (Å²) in [7, 11) is 1.22. The first kappa shape index (κ1) is 16.1. The fourth-order valence-corrected chi connectivity index (χ4v) is 4.68. The average Bonchev–Trinajstić information content (AvgIpc) is 3.24. The minimum atomic E-state index is -1.47. The van der Waals surface area contributed by atoms with Crippen LogP contribution in [0, 0.1) is 11.8 Å². The average molecular weight is 339 g/mol. The second-order valence-electron chi connectivity index (χ2n) is 5.82. The number of nitrogens with two attached hydrogens (primary N) is 1. The molecule has 3 N–H and O–H groups in total. The summed E-state index contributed by atoms with van der Waals surface area (Å²) in [4.78, 5) is 39.9. The molecule has 0 saturated carbocycles. The summed E-state index contributed by atoms with van der Waals surface area (Å²) in [5, 5.41) is 13.5. The number of thiophene rings is 1. The van der Waals surface area contributed by atoms with E-state index >= 15 is 0 Å². The van der Waals surface area contributed by atoms with Crippen LogP contribution in [0.4, 0.5) is 0 Å². The van der Waals surface area contributed by atoms with E-state index in [4.69, 9.17) is 4.74 Å². The molecule has 124 valence electrons. The van der Waals surface area contributed by atoms with Gasteiger partial charge >= 0.3 is 5.97 Å². The summed E-state index contributed by atoms with van der Waals surface area (Å²) in [6.45, 7) is 1.42. The molecule has 0 aliphatic carbocycles. The number of imide groups is 1. The van der Waals surface area contributed by atoms with Gasteiger partial charge in [0.2, 0.25) is 17.4 Å². The van der Waals surface area contributed by atoms with Crippen LogP contribution >= 0.6 is 11.3 Å². The summed E-state index contributed by atoms with van der Waals surface area (Å²) in [6, 6.07) is 3.36. The van der Waals surface area contributed by atoms with Crippen molar-refractivity contribution in [2.75, 3.05) is 20.3 Å². The predicted molar refractivity (Wildman–Crippen MR) is 80.2 cm³/mol. The second-order valence-corrected chi connectivity index (χ2v) is 6.80. The highest BCUT2D eigenvalue weighted by molar-refractivity contribution is 7.10. The molecule has 2 aliphatic heterocycles. The Bertz CT molecular complexity index is 646. The van der Waals surface area contributed by atoms with Gasteiger partial charge in [0.25, 0.3) is 0 Å². The molecular formula is C15H19N2O5S+. The molecule has 0 radical (unpaired) electrons. The molecule has 0 spiro atoms. The number of nitrogens with zero attached hydrogens (tertiary/aromatic N) is 1. The Morgan fingerprint density at radius 1 is 1.48 bits per heavy atom. The zero-order valence-corrected chi connectivity index (χ0v) is 13.7. The minimum absolute atomic E-state index is 0.254. The van der Waals surface area contributed by atoms with E-state index < -0.39 is 35.9 Å². The van der Waals surface area contributed by atoms with Crippen molar-refractivity contribution in [1.29, 1.82) is 0 Å². The van der Waals surface area contributed by atoms with E-state index in [1.54, 1.807) is 12.2 Å². The molecule has 1 aromatic heterocycles. The number of esters is 1. The van der Waals surface area contributed by atoms with Gasteiger partial charge in [0, 0.05) is 6.54 Å². The van der Waals surface area contributed by atoms with Gasteiger partial charge < -0.3 is 15.2 Å². The van der Waals surface area contributed by atoms with Crippen molar-refractivity contribution in [2.24, 2.45) is 11.8 Å². The van der Waals surface area contributed by atoms with E-state index in [-0.39, 0.29) is 18.5 Å². The van der Waals surface area contributed by atoms with Crippen LogP contribution in [0.5, 0.6) is 0 Å². The summed E-state index contributed by atoms with van der Waals surface area (Å²) in [5.41, 5.74) is -1.47. The number of likely N-dealkylation sites (tertiary alicyclic amines) is 1. The molecule has 2 aliphatic rings. The number of aliphatic hydroxyl groups excluding tert-OH is 1. The first-order valence-electron chi connectivity index (χ1n) is 7.45. The van der Waals surface area contributed by atoms with Crippen LogP contribution in [-0.4, -0.2) is 53.6 Å². The number of rotatable bonds is 4. The summed E-state index contributed by atoms with van der Waals surface area (Å²) in [5.74, 6) is -2.92. The number of quaternary nitrogens is 1. The molecule has 3 heterocycles. The number of ether oxygens (including phenoxy) is 1. The van der Waals surface area contributed by atoms with Crippen molar-refractivity contribution in [3.05, 3.63) is 22.4 Å². The Labute approximate surface area is 137 Å². The number of fused-ring (bicyclic) bond motifs is 1. The quantitative estimate of drug-likeness (QED) is 0.535. The maximum atomic E-state index is 12.7. The van der Waals surface area contributed by atoms with Gasteiger partial charge in [-0.3, -0.25) is 14.5 Å². The molecule has 2 amide bonds. The largest absolute Gasteiger partial charge is 0.464 e. The molecule has 4 atom stereocenters. The van der Waals surface area contributed by atoms with Gasteiger partial charge in [0.05, 0.1) is 12.0 Å². The van der Waals surface area contributed by atoms with Crippen LogP contribution in [0.1, 0.15) is 17.8 Å². The van der Waals surface area contributed by atoms with Gasteiger partial charge in [-0.2, -0.15) is 0 Å². The van der Waals surface area contributed by atoms with Gasteiger partial charge in [-0.25, -0.2) is 4.79 Å². The molecule has 2 saturated heterocycles. The summed E-state index contributed by atoms with van der Waals surface area (Å²) in [6.07, 6.45) is 0. The van der Waals surface area contributed by atoms with Crippen LogP contribution in [0.25, 0.3) is 0 Å². The number of hydrogen-bond acceptors (Lipinski definition) is 6. The van der Waals surface area contributed by atoms with E-state index in [2.05, 4.69) is 0 Å². The van der Waals surface area contributed by atoms with Gasteiger partial charge in [0.1, 0.15) is 24.5 Å². The molecule has 3 rings (SSSR count). The smallest absolute Gasteiger partial charge is 0.371 e. The number of methoxy groups -OCH3 is 1. The third-order valence-corrected chi connectivity index (χ3v) is 5.85. The fraction of sp³-hybridized carbons (Fsp3) is 0.533. The topological polar surface area (TPSA) is 101 Å². The zero-order valence-electron chi connectivity index (χ0n) is 12.9. The second kappa shape index (κ2) is 5.70. The highest BCUT2D eigenvalue weighted by Gasteiger charge is 2.72. The van der Waals surface area contributed by atoms with Crippen molar-refractivity contribution in [2.45, 2.75) is 18.5 Å². The molecule has 0 aromatic carbocycles. The maximum absolute atomic E-state index is 12.7. The molecule has 8 heteroatoms. The Kier molecular flexibility index (Phi) is 3.99. The third kappa shape index (κ3) is 2.05. The first-order valence-corrected chi connectivity index (χ1v) is 8.33. The Balaban J connectivity index is 2.13. The molecular weight excluding hydrogens is 320 g/mol. The van der Waals surface area contributed by atoms with Gasteiger partial charge in [-0.1, -0.05) is 6.07 Å². The highest BCUT2D eigenvalue weighted by Crippen LogP contribution is 2.45. The lowest BCUT2D eigenvalue weighted by Gasteiger charge is -2.26. The minimum Gasteiger partial charge on any atom is -0.464 e. The number of carbonyl (C=O) groups excluding carboxylic acids is 3. The van der Waals surface area contributed by atoms with E-state index in [1.807, 2.05) is 17.5 Å². The van der Waals surface area contributed by atoms with Crippen LogP contribution in [0.2, 0.25) is 0 Å². The fourth-order valence-electron chi connectivity index (χ4n) is 3.83.